The number of aldehydes is 1. The predicted molar refractivity (Wildman–Crippen MR) is 73.3 cm³/mol. The summed E-state index contributed by atoms with van der Waals surface area (Å²) in [4.78, 5) is 13.2. The molecule has 1 aliphatic rings. The Labute approximate surface area is 115 Å². The van der Waals surface area contributed by atoms with Gasteiger partial charge >= 0.3 is 0 Å². The Bertz CT molecular complexity index is 410. The zero-order valence-electron chi connectivity index (χ0n) is 9.53. The molecule has 0 N–H and O–H groups in total. The third kappa shape index (κ3) is 3.30. The average molecular weight is 317 g/mol. The fraction of sp³-hybridized carbons (Fsp3) is 0.462. The van der Waals surface area contributed by atoms with Crippen molar-refractivity contribution in [2.24, 2.45) is 0 Å². The molecule has 0 aliphatic carbocycles. The smallest absolute Gasteiger partial charge is 0.137 e. The lowest BCUT2D eigenvalue weighted by atomic mass is 10.0. The number of benzene rings is 1. The van der Waals surface area contributed by atoms with Gasteiger partial charge in [0, 0.05) is 16.0 Å². The van der Waals surface area contributed by atoms with Gasteiger partial charge in [-0.25, -0.2) is 0 Å². The van der Waals surface area contributed by atoms with Crippen LogP contribution >= 0.6 is 27.5 Å². The molecule has 1 saturated heterocycles. The van der Waals surface area contributed by atoms with Crippen LogP contribution in [-0.4, -0.2) is 23.8 Å². The third-order valence-electron chi connectivity index (χ3n) is 3.21. The van der Waals surface area contributed by atoms with Gasteiger partial charge in [-0.3, -0.25) is 4.90 Å². The van der Waals surface area contributed by atoms with Crippen molar-refractivity contribution >= 4 is 33.8 Å². The van der Waals surface area contributed by atoms with Crippen molar-refractivity contribution < 1.29 is 4.79 Å². The Hall–Kier alpha value is -0.380. The van der Waals surface area contributed by atoms with E-state index >= 15 is 0 Å². The summed E-state index contributed by atoms with van der Waals surface area (Å²) in [6, 6.07) is 5.96. The lowest BCUT2D eigenvalue weighted by Crippen LogP contribution is -2.39. The highest BCUT2D eigenvalue weighted by atomic mass is 79.9. The Morgan fingerprint density at radius 1 is 1.47 bits per heavy atom. The minimum absolute atomic E-state index is 0.0588. The van der Waals surface area contributed by atoms with Crippen LogP contribution in [0, 0.1) is 0 Å². The minimum atomic E-state index is 0.0588. The summed E-state index contributed by atoms with van der Waals surface area (Å²) in [5, 5.41) is 0.759. The maximum absolute atomic E-state index is 11.0. The fourth-order valence-electron chi connectivity index (χ4n) is 2.24. The van der Waals surface area contributed by atoms with Crippen molar-refractivity contribution in [2.45, 2.75) is 31.8 Å². The Morgan fingerprint density at radius 2 is 2.29 bits per heavy atom. The second-order valence-corrected chi connectivity index (χ2v) is 5.73. The summed E-state index contributed by atoms with van der Waals surface area (Å²) >= 11 is 9.59. The second kappa shape index (κ2) is 5.98. The molecule has 1 aromatic rings. The van der Waals surface area contributed by atoms with E-state index in [1.807, 2.05) is 18.2 Å². The number of carbonyl (C=O) groups excluding carboxylic acids is 1. The number of halogens is 2. The van der Waals surface area contributed by atoms with Crippen molar-refractivity contribution in [2.75, 3.05) is 6.54 Å². The molecule has 1 aliphatic heterocycles. The predicted octanol–water partition coefficient (Wildman–Crippen LogP) is 3.66. The van der Waals surface area contributed by atoms with Crippen molar-refractivity contribution in [1.29, 1.82) is 0 Å². The lowest BCUT2D eigenvalue weighted by molar-refractivity contribution is -0.113. The Balaban J connectivity index is 2.10. The topological polar surface area (TPSA) is 20.3 Å². The molecular weight excluding hydrogens is 302 g/mol. The quantitative estimate of drug-likeness (QED) is 0.793. The first kappa shape index (κ1) is 13.1. The van der Waals surface area contributed by atoms with Crippen LogP contribution in [0.2, 0.25) is 5.02 Å². The monoisotopic (exact) mass is 315 g/mol. The summed E-state index contributed by atoms with van der Waals surface area (Å²) in [5.74, 6) is 0. The van der Waals surface area contributed by atoms with E-state index in [0.717, 1.165) is 47.3 Å². The van der Waals surface area contributed by atoms with Gasteiger partial charge in [-0.2, -0.15) is 0 Å². The maximum Gasteiger partial charge on any atom is 0.137 e. The van der Waals surface area contributed by atoms with Crippen LogP contribution < -0.4 is 0 Å². The van der Waals surface area contributed by atoms with Gasteiger partial charge in [0.1, 0.15) is 6.29 Å². The summed E-state index contributed by atoms with van der Waals surface area (Å²) < 4.78 is 0.983. The first-order chi connectivity index (χ1) is 8.20. The standard InChI is InChI=1S/C13H15BrClNO/c14-11-5-4-10(13(15)7-11)8-16-6-2-1-3-12(16)9-17/h4-5,7,9,12H,1-3,6,8H2. The molecule has 1 unspecified atom stereocenters. The molecule has 1 fully saturated rings. The molecule has 92 valence electrons. The molecule has 2 rings (SSSR count). The number of hydrogen-bond acceptors (Lipinski definition) is 2. The van der Waals surface area contributed by atoms with Gasteiger partial charge in [-0.05, 0) is 37.1 Å². The van der Waals surface area contributed by atoms with E-state index in [-0.39, 0.29) is 6.04 Å². The summed E-state index contributed by atoms with van der Waals surface area (Å²) in [5.41, 5.74) is 1.09. The first-order valence-corrected chi connectivity index (χ1v) is 7.01. The lowest BCUT2D eigenvalue weighted by Gasteiger charge is -2.32. The molecule has 0 amide bonds. The number of likely N-dealkylation sites (tertiary alicyclic amines) is 1. The number of piperidine rings is 1. The van der Waals surface area contributed by atoms with E-state index in [0.29, 0.717) is 0 Å². The zero-order chi connectivity index (χ0) is 12.3. The van der Waals surface area contributed by atoms with E-state index in [4.69, 9.17) is 11.6 Å². The van der Waals surface area contributed by atoms with Crippen molar-refractivity contribution in [3.63, 3.8) is 0 Å². The van der Waals surface area contributed by atoms with Crippen LogP contribution in [0.3, 0.4) is 0 Å². The van der Waals surface area contributed by atoms with Crippen molar-refractivity contribution in [3.8, 4) is 0 Å². The molecule has 0 radical (unpaired) electrons. The number of rotatable bonds is 3. The molecule has 1 atom stereocenters. The van der Waals surface area contributed by atoms with Crippen LogP contribution in [0.15, 0.2) is 22.7 Å². The summed E-state index contributed by atoms with van der Waals surface area (Å²) in [6.07, 6.45) is 4.34. The van der Waals surface area contributed by atoms with Gasteiger partial charge in [0.25, 0.3) is 0 Å². The number of carbonyl (C=O) groups is 1. The molecular formula is C13H15BrClNO. The summed E-state index contributed by atoms with van der Waals surface area (Å²) in [7, 11) is 0. The van der Waals surface area contributed by atoms with E-state index < -0.39 is 0 Å². The highest BCUT2D eigenvalue weighted by molar-refractivity contribution is 9.10. The zero-order valence-corrected chi connectivity index (χ0v) is 11.9. The van der Waals surface area contributed by atoms with Crippen LogP contribution in [0.1, 0.15) is 24.8 Å². The maximum atomic E-state index is 11.0. The van der Waals surface area contributed by atoms with E-state index in [9.17, 15) is 4.79 Å². The average Bonchev–Trinajstić information content (AvgIpc) is 2.33. The number of hydrogen-bond donors (Lipinski definition) is 0. The van der Waals surface area contributed by atoms with Gasteiger partial charge < -0.3 is 4.79 Å². The van der Waals surface area contributed by atoms with E-state index in [1.54, 1.807) is 0 Å². The van der Waals surface area contributed by atoms with Crippen LogP contribution in [0.4, 0.5) is 0 Å². The third-order valence-corrected chi connectivity index (χ3v) is 4.05. The van der Waals surface area contributed by atoms with Crippen molar-refractivity contribution in [1.82, 2.24) is 4.90 Å². The normalized spacial score (nSPS) is 21.4. The van der Waals surface area contributed by atoms with E-state index in [2.05, 4.69) is 20.8 Å². The van der Waals surface area contributed by atoms with Gasteiger partial charge in [0.2, 0.25) is 0 Å². The highest BCUT2D eigenvalue weighted by Gasteiger charge is 2.22. The van der Waals surface area contributed by atoms with Crippen LogP contribution in [0.25, 0.3) is 0 Å². The SMILES string of the molecule is O=CC1CCCCN1Cc1ccc(Br)cc1Cl. The second-order valence-electron chi connectivity index (χ2n) is 4.41. The minimum Gasteiger partial charge on any atom is -0.302 e. The molecule has 4 heteroatoms. The van der Waals surface area contributed by atoms with E-state index in [1.165, 1.54) is 6.42 Å². The Morgan fingerprint density at radius 3 is 3.00 bits per heavy atom. The highest BCUT2D eigenvalue weighted by Crippen LogP contribution is 2.25. The fourth-order valence-corrected chi connectivity index (χ4v) is 2.97. The number of nitrogens with zero attached hydrogens (tertiary/aromatic N) is 1. The largest absolute Gasteiger partial charge is 0.302 e. The molecule has 0 saturated carbocycles. The van der Waals surface area contributed by atoms with Crippen LogP contribution in [-0.2, 0) is 11.3 Å². The molecule has 17 heavy (non-hydrogen) atoms. The van der Waals surface area contributed by atoms with Crippen LogP contribution in [0.5, 0.6) is 0 Å². The molecule has 0 spiro atoms. The van der Waals surface area contributed by atoms with Gasteiger partial charge in [0.15, 0.2) is 0 Å². The molecule has 1 aromatic carbocycles. The van der Waals surface area contributed by atoms with Crippen molar-refractivity contribution in [3.05, 3.63) is 33.3 Å². The van der Waals surface area contributed by atoms with Gasteiger partial charge in [-0.15, -0.1) is 0 Å². The van der Waals surface area contributed by atoms with Gasteiger partial charge in [-0.1, -0.05) is 40.0 Å². The first-order valence-electron chi connectivity index (χ1n) is 5.84. The Kier molecular flexibility index (Phi) is 4.60. The molecule has 0 aromatic heterocycles. The molecule has 1 heterocycles. The summed E-state index contributed by atoms with van der Waals surface area (Å²) in [6.45, 7) is 1.74. The molecule has 2 nitrogen and oxygen atoms in total. The van der Waals surface area contributed by atoms with Gasteiger partial charge in [0.05, 0.1) is 6.04 Å². The molecule has 0 bridgehead atoms.